The SMILES string of the molecule is C[C@@H](NC(=O)CN(c1cccc2ccccc12)S(C)(=O)=O)c1ccc2c(c1)OCCO2. The highest BCUT2D eigenvalue weighted by Gasteiger charge is 2.24. The monoisotopic (exact) mass is 440 g/mol. The number of hydrogen-bond donors (Lipinski definition) is 1. The lowest BCUT2D eigenvalue weighted by Crippen LogP contribution is -2.41. The lowest BCUT2D eigenvalue weighted by molar-refractivity contribution is -0.120. The number of sulfonamides is 1. The summed E-state index contributed by atoms with van der Waals surface area (Å²) in [6, 6.07) is 18.0. The molecule has 7 nitrogen and oxygen atoms in total. The number of fused-ring (bicyclic) bond motifs is 2. The fourth-order valence-corrected chi connectivity index (χ4v) is 4.51. The average Bonchev–Trinajstić information content (AvgIpc) is 2.76. The molecule has 1 heterocycles. The highest BCUT2D eigenvalue weighted by molar-refractivity contribution is 7.92. The largest absolute Gasteiger partial charge is 0.486 e. The van der Waals surface area contributed by atoms with Crippen LogP contribution < -0.4 is 19.1 Å². The molecule has 8 heteroatoms. The van der Waals surface area contributed by atoms with Crippen LogP contribution in [0.25, 0.3) is 10.8 Å². The molecule has 0 saturated heterocycles. The number of ether oxygens (including phenoxy) is 2. The van der Waals surface area contributed by atoms with Gasteiger partial charge in [0.15, 0.2) is 11.5 Å². The van der Waals surface area contributed by atoms with E-state index in [0.717, 1.165) is 26.9 Å². The zero-order valence-corrected chi connectivity index (χ0v) is 18.2. The minimum Gasteiger partial charge on any atom is -0.486 e. The minimum atomic E-state index is -3.68. The Balaban J connectivity index is 1.55. The van der Waals surface area contributed by atoms with Crippen LogP contribution in [0.4, 0.5) is 5.69 Å². The molecule has 3 aromatic carbocycles. The van der Waals surface area contributed by atoms with Crippen LogP contribution in [0.5, 0.6) is 11.5 Å². The second-order valence-corrected chi connectivity index (χ2v) is 9.37. The molecule has 0 bridgehead atoms. The molecule has 1 N–H and O–H groups in total. The summed E-state index contributed by atoms with van der Waals surface area (Å²) < 4.78 is 37.4. The number of carbonyl (C=O) groups excluding carboxylic acids is 1. The Bertz CT molecular complexity index is 1220. The van der Waals surface area contributed by atoms with Crippen molar-refractivity contribution in [2.24, 2.45) is 0 Å². The van der Waals surface area contributed by atoms with Gasteiger partial charge in [0.05, 0.1) is 18.0 Å². The van der Waals surface area contributed by atoms with Crippen LogP contribution >= 0.6 is 0 Å². The van der Waals surface area contributed by atoms with Crippen molar-refractivity contribution in [1.82, 2.24) is 5.32 Å². The number of benzene rings is 3. The number of anilines is 1. The molecule has 31 heavy (non-hydrogen) atoms. The van der Waals surface area contributed by atoms with Gasteiger partial charge in [0.2, 0.25) is 15.9 Å². The molecule has 0 aromatic heterocycles. The fourth-order valence-electron chi connectivity index (χ4n) is 3.64. The Hall–Kier alpha value is -3.26. The molecular weight excluding hydrogens is 416 g/mol. The molecular formula is C23H24N2O5S. The van der Waals surface area contributed by atoms with Crippen LogP contribution in [0.3, 0.4) is 0 Å². The number of carbonyl (C=O) groups is 1. The standard InChI is InChI=1S/C23H24N2O5S/c1-16(18-10-11-21-22(14-18)30-13-12-29-21)24-23(26)15-25(31(2,27)28)20-9-5-7-17-6-3-4-8-19(17)20/h3-11,14,16H,12-13,15H2,1-2H3,(H,24,26)/t16-/m1/s1. The van der Waals surface area contributed by atoms with Crippen LogP contribution in [0, 0.1) is 0 Å². The first kappa shape index (κ1) is 21.0. The Morgan fingerprint density at radius 1 is 1.03 bits per heavy atom. The number of nitrogens with one attached hydrogen (secondary N) is 1. The third kappa shape index (κ3) is 4.59. The van der Waals surface area contributed by atoms with Gasteiger partial charge in [-0.3, -0.25) is 9.10 Å². The van der Waals surface area contributed by atoms with Gasteiger partial charge in [-0.05, 0) is 36.1 Å². The molecule has 4 rings (SSSR count). The van der Waals surface area contributed by atoms with Crippen LogP contribution in [-0.2, 0) is 14.8 Å². The second kappa shape index (κ2) is 8.47. The smallest absolute Gasteiger partial charge is 0.241 e. The molecule has 1 aliphatic heterocycles. The molecule has 3 aromatic rings. The van der Waals surface area contributed by atoms with Crippen LogP contribution in [0.2, 0.25) is 0 Å². The average molecular weight is 441 g/mol. The normalized spacial score (nSPS) is 14.1. The number of rotatable bonds is 6. The van der Waals surface area contributed by atoms with Gasteiger partial charge in [0.1, 0.15) is 19.8 Å². The molecule has 0 spiro atoms. The maximum atomic E-state index is 12.8. The molecule has 1 aliphatic rings. The van der Waals surface area contributed by atoms with Crippen LogP contribution in [-0.4, -0.2) is 40.3 Å². The van der Waals surface area contributed by atoms with E-state index in [0.29, 0.717) is 30.4 Å². The number of amides is 1. The van der Waals surface area contributed by atoms with Gasteiger partial charge in [0.25, 0.3) is 0 Å². The predicted molar refractivity (Wildman–Crippen MR) is 120 cm³/mol. The highest BCUT2D eigenvalue weighted by Crippen LogP contribution is 2.33. The number of hydrogen-bond acceptors (Lipinski definition) is 5. The molecule has 0 aliphatic carbocycles. The molecule has 1 atom stereocenters. The topological polar surface area (TPSA) is 84.9 Å². The predicted octanol–water partition coefficient (Wildman–Crippen LogP) is 3.25. The van der Waals surface area contributed by atoms with E-state index >= 15 is 0 Å². The lowest BCUT2D eigenvalue weighted by atomic mass is 10.1. The van der Waals surface area contributed by atoms with Gasteiger partial charge in [-0.25, -0.2) is 8.42 Å². The van der Waals surface area contributed by atoms with E-state index in [1.807, 2.05) is 55.5 Å². The quantitative estimate of drug-likeness (QED) is 0.636. The van der Waals surface area contributed by atoms with E-state index in [-0.39, 0.29) is 12.6 Å². The van der Waals surface area contributed by atoms with Crippen molar-refractivity contribution in [1.29, 1.82) is 0 Å². The van der Waals surface area contributed by atoms with Crippen LogP contribution in [0.1, 0.15) is 18.5 Å². The summed E-state index contributed by atoms with van der Waals surface area (Å²) in [6.07, 6.45) is 1.10. The van der Waals surface area contributed by atoms with E-state index in [1.165, 1.54) is 0 Å². The van der Waals surface area contributed by atoms with Crippen molar-refractivity contribution < 1.29 is 22.7 Å². The second-order valence-electron chi connectivity index (χ2n) is 7.46. The summed E-state index contributed by atoms with van der Waals surface area (Å²) in [6.45, 7) is 2.51. The van der Waals surface area contributed by atoms with Crippen molar-refractivity contribution in [2.75, 3.05) is 30.3 Å². The van der Waals surface area contributed by atoms with E-state index < -0.39 is 15.9 Å². The molecule has 0 saturated carbocycles. The Morgan fingerprint density at radius 2 is 1.74 bits per heavy atom. The Kier molecular flexibility index (Phi) is 5.73. The van der Waals surface area contributed by atoms with Gasteiger partial charge < -0.3 is 14.8 Å². The van der Waals surface area contributed by atoms with Crippen molar-refractivity contribution in [2.45, 2.75) is 13.0 Å². The summed E-state index contributed by atoms with van der Waals surface area (Å²) in [4.78, 5) is 12.8. The van der Waals surface area contributed by atoms with Gasteiger partial charge in [-0.1, -0.05) is 42.5 Å². The van der Waals surface area contributed by atoms with Crippen molar-refractivity contribution in [3.05, 3.63) is 66.2 Å². The maximum Gasteiger partial charge on any atom is 0.241 e. The fraction of sp³-hybridized carbons (Fsp3) is 0.261. The van der Waals surface area contributed by atoms with Crippen molar-refractivity contribution in [3.8, 4) is 11.5 Å². The van der Waals surface area contributed by atoms with Gasteiger partial charge in [0, 0.05) is 5.39 Å². The summed E-state index contributed by atoms with van der Waals surface area (Å²) in [5.74, 6) is 0.909. The zero-order chi connectivity index (χ0) is 22.0. The van der Waals surface area contributed by atoms with Gasteiger partial charge >= 0.3 is 0 Å². The molecule has 162 valence electrons. The first-order valence-corrected chi connectivity index (χ1v) is 11.8. The zero-order valence-electron chi connectivity index (χ0n) is 17.4. The maximum absolute atomic E-state index is 12.8. The third-order valence-corrected chi connectivity index (χ3v) is 6.29. The van der Waals surface area contributed by atoms with Crippen molar-refractivity contribution >= 4 is 32.4 Å². The Labute approximate surface area is 181 Å². The highest BCUT2D eigenvalue weighted by atomic mass is 32.2. The molecule has 0 fully saturated rings. The van der Waals surface area contributed by atoms with Gasteiger partial charge in [-0.2, -0.15) is 0 Å². The first-order chi connectivity index (χ1) is 14.8. The minimum absolute atomic E-state index is 0.318. The van der Waals surface area contributed by atoms with Crippen molar-refractivity contribution in [3.63, 3.8) is 0 Å². The van der Waals surface area contributed by atoms with E-state index in [1.54, 1.807) is 12.1 Å². The first-order valence-electron chi connectivity index (χ1n) is 9.97. The summed E-state index contributed by atoms with van der Waals surface area (Å²) in [5, 5.41) is 4.55. The van der Waals surface area contributed by atoms with Gasteiger partial charge in [-0.15, -0.1) is 0 Å². The van der Waals surface area contributed by atoms with E-state index in [2.05, 4.69) is 5.32 Å². The van der Waals surface area contributed by atoms with E-state index in [4.69, 9.17) is 9.47 Å². The number of nitrogens with zero attached hydrogens (tertiary/aromatic N) is 1. The molecule has 1 amide bonds. The molecule has 0 unspecified atom stereocenters. The summed E-state index contributed by atoms with van der Waals surface area (Å²) in [5.41, 5.74) is 1.32. The van der Waals surface area contributed by atoms with E-state index in [9.17, 15) is 13.2 Å². The third-order valence-electron chi connectivity index (χ3n) is 5.17. The van der Waals surface area contributed by atoms with Crippen LogP contribution in [0.15, 0.2) is 60.7 Å². The lowest BCUT2D eigenvalue weighted by Gasteiger charge is -2.25. The summed E-state index contributed by atoms with van der Waals surface area (Å²) >= 11 is 0. The summed E-state index contributed by atoms with van der Waals surface area (Å²) in [7, 11) is -3.68. The molecule has 0 radical (unpaired) electrons. The Morgan fingerprint density at radius 3 is 2.52 bits per heavy atom.